The van der Waals surface area contributed by atoms with Gasteiger partial charge in [0.05, 0.1) is 8.46 Å². The van der Waals surface area contributed by atoms with E-state index in [0.29, 0.717) is 0 Å². The van der Waals surface area contributed by atoms with Crippen LogP contribution in [0.15, 0.2) is 12.3 Å². The van der Waals surface area contributed by atoms with Gasteiger partial charge in [-0.1, -0.05) is 104 Å². The normalized spacial score (nSPS) is 11.6. The number of hydrogen-bond donors (Lipinski definition) is 0. The Balaban J connectivity index is 2.30. The van der Waals surface area contributed by atoms with Crippen molar-refractivity contribution in [3.05, 3.63) is 23.5 Å². The van der Waals surface area contributed by atoms with E-state index in [-0.39, 0.29) is 0 Å². The maximum Gasteiger partial charge on any atom is 0.0925 e. The lowest BCUT2D eigenvalue weighted by Gasteiger charge is -2.11. The molecule has 1 aromatic rings. The average molecular weight is 408 g/mol. The van der Waals surface area contributed by atoms with Crippen LogP contribution in [0.1, 0.15) is 128 Å². The molecule has 0 N–H and O–H groups in total. The minimum absolute atomic E-state index is 0.848. The van der Waals surface area contributed by atoms with E-state index in [0.717, 1.165) is 18.1 Å². The summed E-state index contributed by atoms with van der Waals surface area (Å²) >= 11 is 0. The number of rotatable bonds is 19. The van der Waals surface area contributed by atoms with Crippen LogP contribution in [-0.2, 0) is 17.4 Å². The van der Waals surface area contributed by atoms with Crippen LogP contribution in [0.5, 0.6) is 0 Å². The van der Waals surface area contributed by atoms with Gasteiger partial charge in [0.15, 0.2) is 0 Å². The van der Waals surface area contributed by atoms with E-state index in [1.807, 2.05) is 12.3 Å². The molecule has 0 aliphatic carbocycles. The fraction of sp³-hybridized carbons (Fsp3) is 0.800. The first kappa shape index (κ1) is 25.4. The molecular weight excluding hydrogens is 361 g/mol. The van der Waals surface area contributed by atoms with Crippen LogP contribution in [0.4, 0.5) is 0 Å². The first-order valence-corrected chi connectivity index (χ1v) is 13.3. The van der Waals surface area contributed by atoms with Gasteiger partial charge in [-0.3, -0.25) is 4.98 Å². The van der Waals surface area contributed by atoms with Crippen molar-refractivity contribution in [3.63, 3.8) is 0 Å². The van der Waals surface area contributed by atoms with E-state index in [9.17, 15) is 4.57 Å². The summed E-state index contributed by atoms with van der Waals surface area (Å²) in [6, 6.07) is 1.99. The molecular formula is C25H46NOP. The van der Waals surface area contributed by atoms with E-state index < -0.39 is 8.46 Å². The minimum atomic E-state index is -0.848. The molecule has 2 nitrogen and oxygen atoms in total. The number of nitrogens with zero attached hydrogens (tertiary/aromatic N) is 1. The molecule has 1 atom stereocenters. The zero-order chi connectivity index (χ0) is 20.3. The number of hydrogen-bond acceptors (Lipinski definition) is 2. The lowest BCUT2D eigenvalue weighted by molar-refractivity contribution is 0.569. The van der Waals surface area contributed by atoms with Crippen molar-refractivity contribution >= 4 is 13.8 Å². The zero-order valence-corrected chi connectivity index (χ0v) is 20.0. The summed E-state index contributed by atoms with van der Waals surface area (Å²) < 4.78 is 11.7. The number of unbranched alkanes of at least 4 members (excludes halogenated alkanes) is 14. The molecule has 1 heterocycles. The van der Waals surface area contributed by atoms with Crippen LogP contribution in [0, 0.1) is 0 Å². The van der Waals surface area contributed by atoms with Gasteiger partial charge in [0.25, 0.3) is 0 Å². The smallest absolute Gasteiger partial charge is 0.0925 e. The molecule has 0 radical (unpaired) electrons. The van der Waals surface area contributed by atoms with Gasteiger partial charge in [-0.15, -0.1) is 0 Å². The SMILES string of the molecule is CCCCCCCCCCc1nccc([PH2]=O)c1CCCCCCCCCC. The molecule has 1 unspecified atom stereocenters. The van der Waals surface area contributed by atoms with E-state index in [1.54, 1.807) is 0 Å². The Labute approximate surface area is 176 Å². The second kappa shape index (κ2) is 18.4. The summed E-state index contributed by atoms with van der Waals surface area (Å²) in [5, 5.41) is 1.08. The minimum Gasteiger partial charge on any atom is -0.325 e. The second-order valence-corrected chi connectivity index (χ2v) is 9.25. The molecule has 0 fully saturated rings. The quantitative estimate of drug-likeness (QED) is 0.173. The largest absolute Gasteiger partial charge is 0.325 e. The van der Waals surface area contributed by atoms with E-state index in [1.165, 1.54) is 114 Å². The highest BCUT2D eigenvalue weighted by Crippen LogP contribution is 2.17. The second-order valence-electron chi connectivity index (χ2n) is 8.39. The van der Waals surface area contributed by atoms with E-state index in [2.05, 4.69) is 18.8 Å². The van der Waals surface area contributed by atoms with Crippen molar-refractivity contribution in [2.75, 3.05) is 0 Å². The van der Waals surface area contributed by atoms with Crippen LogP contribution in [-0.4, -0.2) is 4.98 Å². The topological polar surface area (TPSA) is 30.0 Å². The first-order valence-electron chi connectivity index (χ1n) is 12.2. The van der Waals surface area contributed by atoms with E-state index >= 15 is 0 Å². The molecule has 0 bridgehead atoms. The van der Waals surface area contributed by atoms with Gasteiger partial charge in [-0.05, 0) is 37.3 Å². The Kier molecular flexibility index (Phi) is 16.7. The van der Waals surface area contributed by atoms with Crippen molar-refractivity contribution < 1.29 is 4.57 Å². The highest BCUT2D eigenvalue weighted by atomic mass is 31.1. The molecule has 0 amide bonds. The van der Waals surface area contributed by atoms with Crippen molar-refractivity contribution in [2.45, 2.75) is 129 Å². The number of pyridine rings is 1. The predicted molar refractivity (Wildman–Crippen MR) is 127 cm³/mol. The van der Waals surface area contributed by atoms with Crippen molar-refractivity contribution in [3.8, 4) is 0 Å². The molecule has 162 valence electrons. The molecule has 0 aliphatic heterocycles. The monoisotopic (exact) mass is 407 g/mol. The Morgan fingerprint density at radius 3 is 1.64 bits per heavy atom. The number of aromatic nitrogens is 1. The summed E-state index contributed by atoms with van der Waals surface area (Å²) in [5.41, 5.74) is 2.55. The Morgan fingerprint density at radius 2 is 1.14 bits per heavy atom. The van der Waals surface area contributed by atoms with Crippen molar-refractivity contribution in [1.29, 1.82) is 0 Å². The predicted octanol–water partition coefficient (Wildman–Crippen LogP) is 7.83. The summed E-state index contributed by atoms with van der Waals surface area (Å²) in [4.78, 5) is 4.67. The Hall–Kier alpha value is -0.620. The fourth-order valence-corrected chi connectivity index (χ4v) is 4.65. The van der Waals surface area contributed by atoms with Gasteiger partial charge in [0.2, 0.25) is 0 Å². The molecule has 1 rings (SSSR count). The maximum absolute atomic E-state index is 11.7. The van der Waals surface area contributed by atoms with Crippen LogP contribution >= 0.6 is 8.46 Å². The molecule has 3 heteroatoms. The Morgan fingerprint density at radius 1 is 0.679 bits per heavy atom. The lowest BCUT2D eigenvalue weighted by atomic mass is 10.00. The molecule has 28 heavy (non-hydrogen) atoms. The highest BCUT2D eigenvalue weighted by Gasteiger charge is 2.09. The van der Waals surface area contributed by atoms with Crippen LogP contribution in [0.2, 0.25) is 0 Å². The molecule has 0 saturated heterocycles. The summed E-state index contributed by atoms with van der Waals surface area (Å²) in [7, 11) is -0.848. The highest BCUT2D eigenvalue weighted by molar-refractivity contribution is 7.34. The molecule has 0 aliphatic rings. The third-order valence-corrected chi connectivity index (χ3v) is 6.65. The Bertz CT molecular complexity index is 503. The summed E-state index contributed by atoms with van der Waals surface area (Å²) in [6.45, 7) is 4.55. The lowest BCUT2D eigenvalue weighted by Crippen LogP contribution is -2.10. The average Bonchev–Trinajstić information content (AvgIpc) is 2.72. The van der Waals surface area contributed by atoms with E-state index in [4.69, 9.17) is 0 Å². The van der Waals surface area contributed by atoms with Crippen molar-refractivity contribution in [2.24, 2.45) is 0 Å². The zero-order valence-electron chi connectivity index (χ0n) is 18.8. The van der Waals surface area contributed by atoms with Gasteiger partial charge < -0.3 is 4.57 Å². The standard InChI is InChI=1S/C25H46NOP/c1-3-5-7-9-11-13-15-17-19-23-24(26-22-21-25(23)28-27)20-18-16-14-12-10-8-6-4-2/h21-22H,3-20,28H2,1-2H3. The third kappa shape index (κ3) is 12.1. The van der Waals surface area contributed by atoms with Crippen molar-refractivity contribution in [1.82, 2.24) is 4.98 Å². The van der Waals surface area contributed by atoms with Crippen LogP contribution in [0.3, 0.4) is 0 Å². The van der Waals surface area contributed by atoms with Gasteiger partial charge >= 0.3 is 0 Å². The molecule has 0 saturated carbocycles. The number of aryl methyl sites for hydroxylation is 1. The molecule has 0 spiro atoms. The summed E-state index contributed by atoms with van der Waals surface area (Å²) in [6.07, 6.45) is 25.5. The fourth-order valence-electron chi connectivity index (χ4n) is 4.03. The summed E-state index contributed by atoms with van der Waals surface area (Å²) in [5.74, 6) is 0. The van der Waals surface area contributed by atoms with Gasteiger partial charge in [-0.25, -0.2) is 0 Å². The molecule has 0 aromatic carbocycles. The molecule has 1 aromatic heterocycles. The van der Waals surface area contributed by atoms with Gasteiger partial charge in [0, 0.05) is 17.2 Å². The third-order valence-electron chi connectivity index (χ3n) is 5.86. The first-order chi connectivity index (χ1) is 13.8. The van der Waals surface area contributed by atoms with Crippen LogP contribution in [0.25, 0.3) is 0 Å². The maximum atomic E-state index is 11.7. The van der Waals surface area contributed by atoms with Gasteiger partial charge in [0.1, 0.15) is 0 Å². The van der Waals surface area contributed by atoms with Crippen LogP contribution < -0.4 is 5.30 Å². The van der Waals surface area contributed by atoms with Gasteiger partial charge in [-0.2, -0.15) is 0 Å².